The number of hydrogen-bond donors (Lipinski definition) is 2. The standard InChI is InChI=1S/C25H27ClN6O/c1-3-31(4-2)16-14-27-25(33)19-7-11-21(12-8-19)28-23-13-15-32-24(29-23)17-22(30-32)18-5-9-20(26)10-6-18/h5-13,15,17H,3-4,14,16H2,1-2H3,(H,27,33)(H,28,29). The van der Waals surface area contributed by atoms with Gasteiger partial charge in [0.1, 0.15) is 5.82 Å². The summed E-state index contributed by atoms with van der Waals surface area (Å²) in [6.07, 6.45) is 1.86. The van der Waals surface area contributed by atoms with Crippen LogP contribution in [0.5, 0.6) is 0 Å². The first-order chi connectivity index (χ1) is 16.1. The van der Waals surface area contributed by atoms with E-state index >= 15 is 0 Å². The molecule has 2 aromatic heterocycles. The van der Waals surface area contributed by atoms with Crippen molar-refractivity contribution in [3.05, 3.63) is 77.4 Å². The Kier molecular flexibility index (Phi) is 7.22. The number of fused-ring (bicyclic) bond motifs is 1. The molecule has 170 valence electrons. The van der Waals surface area contributed by atoms with Crippen LogP contribution < -0.4 is 10.6 Å². The van der Waals surface area contributed by atoms with Gasteiger partial charge in [-0.1, -0.05) is 37.6 Å². The number of nitrogens with one attached hydrogen (secondary N) is 2. The van der Waals surface area contributed by atoms with Crippen molar-refractivity contribution in [3.8, 4) is 11.3 Å². The second kappa shape index (κ2) is 10.5. The topological polar surface area (TPSA) is 74.6 Å². The minimum absolute atomic E-state index is 0.0674. The van der Waals surface area contributed by atoms with Gasteiger partial charge in [-0.3, -0.25) is 4.79 Å². The lowest BCUT2D eigenvalue weighted by molar-refractivity contribution is 0.0949. The lowest BCUT2D eigenvalue weighted by Gasteiger charge is -2.18. The Morgan fingerprint density at radius 1 is 1.03 bits per heavy atom. The third-order valence-electron chi connectivity index (χ3n) is 5.49. The molecule has 4 aromatic rings. The van der Waals surface area contributed by atoms with Crippen LogP contribution in [0.15, 0.2) is 66.9 Å². The zero-order valence-corrected chi connectivity index (χ0v) is 19.5. The zero-order valence-electron chi connectivity index (χ0n) is 18.8. The highest BCUT2D eigenvalue weighted by Gasteiger charge is 2.08. The van der Waals surface area contributed by atoms with E-state index in [2.05, 4.69) is 39.5 Å². The first-order valence-electron chi connectivity index (χ1n) is 11.1. The first-order valence-corrected chi connectivity index (χ1v) is 11.4. The number of hydrogen-bond acceptors (Lipinski definition) is 5. The normalized spacial score (nSPS) is 11.2. The van der Waals surface area contributed by atoms with Crippen molar-refractivity contribution in [3.63, 3.8) is 0 Å². The van der Waals surface area contributed by atoms with Gasteiger partial charge in [-0.15, -0.1) is 0 Å². The molecule has 2 heterocycles. The lowest BCUT2D eigenvalue weighted by Crippen LogP contribution is -2.34. The number of nitrogens with zero attached hydrogens (tertiary/aromatic N) is 4. The van der Waals surface area contributed by atoms with Crippen molar-refractivity contribution < 1.29 is 4.79 Å². The number of carbonyl (C=O) groups is 1. The molecule has 8 heteroatoms. The van der Waals surface area contributed by atoms with Gasteiger partial charge in [0, 0.05) is 47.2 Å². The number of benzene rings is 2. The predicted molar refractivity (Wildman–Crippen MR) is 133 cm³/mol. The Bertz CT molecular complexity index is 1220. The molecule has 0 fully saturated rings. The highest BCUT2D eigenvalue weighted by Crippen LogP contribution is 2.22. The van der Waals surface area contributed by atoms with Crippen LogP contribution in [0.2, 0.25) is 5.02 Å². The Morgan fingerprint density at radius 3 is 2.45 bits per heavy atom. The fraction of sp³-hybridized carbons (Fsp3) is 0.240. The largest absolute Gasteiger partial charge is 0.351 e. The molecule has 0 aliphatic heterocycles. The summed E-state index contributed by atoms with van der Waals surface area (Å²) in [6.45, 7) is 7.68. The van der Waals surface area contributed by atoms with Crippen molar-refractivity contribution in [1.29, 1.82) is 0 Å². The van der Waals surface area contributed by atoms with Gasteiger partial charge in [-0.2, -0.15) is 5.10 Å². The second-order valence-corrected chi connectivity index (χ2v) is 8.07. The Hall–Kier alpha value is -3.42. The van der Waals surface area contributed by atoms with Crippen molar-refractivity contribution in [2.75, 3.05) is 31.5 Å². The maximum absolute atomic E-state index is 12.4. The number of likely N-dealkylation sites (N-methyl/N-ethyl adjacent to an activating group) is 1. The van der Waals surface area contributed by atoms with E-state index in [0.29, 0.717) is 22.9 Å². The fourth-order valence-electron chi connectivity index (χ4n) is 3.53. The first kappa shape index (κ1) is 22.8. The molecule has 0 aliphatic rings. The van der Waals surface area contributed by atoms with Crippen LogP contribution in [0.4, 0.5) is 11.5 Å². The summed E-state index contributed by atoms with van der Waals surface area (Å²) in [5.74, 6) is 0.628. The van der Waals surface area contributed by atoms with Gasteiger partial charge < -0.3 is 15.5 Å². The van der Waals surface area contributed by atoms with Gasteiger partial charge in [0.05, 0.1) is 5.69 Å². The third kappa shape index (κ3) is 5.69. The Labute approximate surface area is 198 Å². The predicted octanol–water partition coefficient (Wildman–Crippen LogP) is 4.86. The lowest BCUT2D eigenvalue weighted by atomic mass is 10.2. The van der Waals surface area contributed by atoms with Crippen LogP contribution in [0.1, 0.15) is 24.2 Å². The number of halogens is 1. The van der Waals surface area contributed by atoms with Gasteiger partial charge in [0.25, 0.3) is 5.91 Å². The number of aromatic nitrogens is 3. The zero-order chi connectivity index (χ0) is 23.2. The van der Waals surface area contributed by atoms with Crippen LogP contribution >= 0.6 is 11.6 Å². The average molecular weight is 463 g/mol. The van der Waals surface area contributed by atoms with Gasteiger partial charge in [0.2, 0.25) is 0 Å². The molecule has 0 saturated carbocycles. The summed E-state index contributed by atoms with van der Waals surface area (Å²) >= 11 is 5.98. The maximum atomic E-state index is 12.4. The van der Waals surface area contributed by atoms with Crippen molar-refractivity contribution in [1.82, 2.24) is 24.8 Å². The Morgan fingerprint density at radius 2 is 1.76 bits per heavy atom. The average Bonchev–Trinajstić information content (AvgIpc) is 3.26. The van der Waals surface area contributed by atoms with E-state index < -0.39 is 0 Å². The van der Waals surface area contributed by atoms with E-state index in [-0.39, 0.29) is 5.91 Å². The SMILES string of the molecule is CCN(CC)CCNC(=O)c1ccc(Nc2ccn3nc(-c4ccc(Cl)cc4)cc3n2)cc1. The van der Waals surface area contributed by atoms with E-state index in [1.54, 1.807) is 4.52 Å². The number of rotatable bonds is 9. The van der Waals surface area contributed by atoms with Crippen LogP contribution in [-0.2, 0) is 0 Å². The summed E-state index contributed by atoms with van der Waals surface area (Å²) in [5.41, 5.74) is 4.02. The summed E-state index contributed by atoms with van der Waals surface area (Å²) in [5, 5.41) is 11.5. The minimum atomic E-state index is -0.0674. The molecule has 0 atom stereocenters. The molecular weight excluding hydrogens is 436 g/mol. The molecule has 33 heavy (non-hydrogen) atoms. The maximum Gasteiger partial charge on any atom is 0.251 e. The molecule has 7 nitrogen and oxygen atoms in total. The molecular formula is C25H27ClN6O. The van der Waals surface area contributed by atoms with Gasteiger partial charge in [0.15, 0.2) is 5.65 Å². The van der Waals surface area contributed by atoms with Crippen LogP contribution in [0.25, 0.3) is 16.9 Å². The molecule has 0 bridgehead atoms. The second-order valence-electron chi connectivity index (χ2n) is 7.64. The monoisotopic (exact) mass is 462 g/mol. The van der Waals surface area contributed by atoms with E-state index in [0.717, 1.165) is 42.2 Å². The molecule has 0 radical (unpaired) electrons. The summed E-state index contributed by atoms with van der Waals surface area (Å²) in [7, 11) is 0. The van der Waals surface area contributed by atoms with E-state index in [9.17, 15) is 4.79 Å². The highest BCUT2D eigenvalue weighted by atomic mass is 35.5. The van der Waals surface area contributed by atoms with E-state index in [4.69, 9.17) is 11.6 Å². The molecule has 0 unspecified atom stereocenters. The summed E-state index contributed by atoms with van der Waals surface area (Å²) in [6, 6.07) is 18.7. The van der Waals surface area contributed by atoms with Gasteiger partial charge in [-0.05, 0) is 55.6 Å². The third-order valence-corrected chi connectivity index (χ3v) is 5.74. The molecule has 1 amide bonds. The number of anilines is 2. The van der Waals surface area contributed by atoms with E-state index in [1.807, 2.05) is 66.9 Å². The van der Waals surface area contributed by atoms with Gasteiger partial charge >= 0.3 is 0 Å². The van der Waals surface area contributed by atoms with Crippen LogP contribution in [0, 0.1) is 0 Å². The van der Waals surface area contributed by atoms with Crippen molar-refractivity contribution in [2.24, 2.45) is 0 Å². The number of amides is 1. The van der Waals surface area contributed by atoms with Crippen LogP contribution in [0.3, 0.4) is 0 Å². The van der Waals surface area contributed by atoms with Crippen LogP contribution in [-0.4, -0.2) is 51.6 Å². The van der Waals surface area contributed by atoms with Gasteiger partial charge in [-0.25, -0.2) is 9.50 Å². The highest BCUT2D eigenvalue weighted by molar-refractivity contribution is 6.30. The quantitative estimate of drug-likeness (QED) is 0.371. The minimum Gasteiger partial charge on any atom is -0.351 e. The molecule has 0 spiro atoms. The van der Waals surface area contributed by atoms with E-state index in [1.165, 1.54) is 0 Å². The molecule has 0 saturated heterocycles. The summed E-state index contributed by atoms with van der Waals surface area (Å²) < 4.78 is 1.74. The molecule has 2 aromatic carbocycles. The van der Waals surface area contributed by atoms with Crippen molar-refractivity contribution in [2.45, 2.75) is 13.8 Å². The molecule has 0 aliphatic carbocycles. The number of carbonyl (C=O) groups excluding carboxylic acids is 1. The molecule has 4 rings (SSSR count). The smallest absolute Gasteiger partial charge is 0.251 e. The Balaban J connectivity index is 1.39. The van der Waals surface area contributed by atoms with Crippen molar-refractivity contribution >= 4 is 34.7 Å². The molecule has 2 N–H and O–H groups in total. The fourth-order valence-corrected chi connectivity index (χ4v) is 3.66. The summed E-state index contributed by atoms with van der Waals surface area (Å²) in [4.78, 5) is 19.3.